The highest BCUT2D eigenvalue weighted by molar-refractivity contribution is 6.31. The van der Waals surface area contributed by atoms with E-state index in [-0.39, 0.29) is 36.9 Å². The van der Waals surface area contributed by atoms with Crippen molar-refractivity contribution in [3.8, 4) is 5.75 Å². The molecule has 7 nitrogen and oxygen atoms in total. The number of rotatable bonds is 1. The summed E-state index contributed by atoms with van der Waals surface area (Å²) < 4.78 is 5.79. The van der Waals surface area contributed by atoms with Gasteiger partial charge in [-0.3, -0.25) is 14.4 Å². The zero-order chi connectivity index (χ0) is 23.1. The normalized spacial score (nSPS) is 18.3. The van der Waals surface area contributed by atoms with Crippen LogP contribution in [0.4, 0.5) is 0 Å². The Hall–Kier alpha value is -3.06. The molecule has 1 aliphatic rings. The van der Waals surface area contributed by atoms with Crippen LogP contribution in [0.3, 0.4) is 0 Å². The summed E-state index contributed by atoms with van der Waals surface area (Å²) in [6.45, 7) is 4.64. The number of benzene rings is 2. The van der Waals surface area contributed by atoms with Crippen LogP contribution in [0.25, 0.3) is 0 Å². The van der Waals surface area contributed by atoms with Gasteiger partial charge in [0.1, 0.15) is 12.4 Å². The number of carbonyl (C=O) groups is 3. The summed E-state index contributed by atoms with van der Waals surface area (Å²) in [7, 11) is 0. The fraction of sp³-hybridized carbons (Fsp3) is 0.375. The van der Waals surface area contributed by atoms with Crippen LogP contribution in [0.5, 0.6) is 5.75 Å². The van der Waals surface area contributed by atoms with Crippen molar-refractivity contribution in [3.63, 3.8) is 0 Å². The number of nitrogens with one attached hydrogen (secondary N) is 2. The lowest BCUT2D eigenvalue weighted by atomic mass is 10.1. The maximum Gasteiger partial charge on any atom is 0.255 e. The lowest BCUT2D eigenvalue weighted by Gasteiger charge is -2.24. The zero-order valence-electron chi connectivity index (χ0n) is 18.3. The van der Waals surface area contributed by atoms with Crippen molar-refractivity contribution in [2.75, 3.05) is 26.2 Å². The Morgan fingerprint density at radius 2 is 1.94 bits per heavy atom. The molecule has 0 unspecified atom stereocenters. The first-order chi connectivity index (χ1) is 15.3. The molecule has 0 radical (unpaired) electrons. The maximum absolute atomic E-state index is 13.1. The molecule has 170 valence electrons. The highest BCUT2D eigenvalue weighted by Crippen LogP contribution is 2.23. The highest BCUT2D eigenvalue weighted by Gasteiger charge is 2.22. The van der Waals surface area contributed by atoms with E-state index in [0.29, 0.717) is 47.8 Å². The van der Waals surface area contributed by atoms with Crippen LogP contribution < -0.4 is 15.4 Å². The number of aryl methyl sites for hydroxylation is 1. The first-order valence-corrected chi connectivity index (χ1v) is 11.1. The molecule has 3 amide bonds. The largest absolute Gasteiger partial charge is 0.491 e. The number of carbonyl (C=O) groups excluding carboxylic acids is 3. The molecule has 8 heteroatoms. The molecular formula is C24H28ClN3O4. The predicted molar refractivity (Wildman–Crippen MR) is 123 cm³/mol. The molecule has 0 saturated carbocycles. The van der Waals surface area contributed by atoms with Crippen LogP contribution in [-0.2, 0) is 4.79 Å². The van der Waals surface area contributed by atoms with Crippen LogP contribution in [0.15, 0.2) is 42.5 Å². The number of halogens is 1. The number of nitrogens with zero attached hydrogens (tertiary/aromatic N) is 1. The summed E-state index contributed by atoms with van der Waals surface area (Å²) >= 11 is 6.06. The first kappa shape index (κ1) is 23.6. The fourth-order valence-corrected chi connectivity index (χ4v) is 3.69. The quantitative estimate of drug-likeness (QED) is 0.688. The van der Waals surface area contributed by atoms with Gasteiger partial charge in [-0.05, 0) is 56.5 Å². The Morgan fingerprint density at radius 3 is 2.72 bits per heavy atom. The molecule has 1 aliphatic heterocycles. The van der Waals surface area contributed by atoms with Crippen LogP contribution in [0, 0.1) is 6.92 Å². The van der Waals surface area contributed by atoms with E-state index in [2.05, 4.69) is 10.6 Å². The van der Waals surface area contributed by atoms with E-state index in [1.54, 1.807) is 36.1 Å². The SMILES string of the molecule is Cc1ccccc1C(=O)N1CCCCNC(=O)c2cc(Cl)ccc2OC[C@@H](C)NC(=O)C1. The highest BCUT2D eigenvalue weighted by atomic mass is 35.5. The van der Waals surface area contributed by atoms with Crippen LogP contribution in [-0.4, -0.2) is 54.9 Å². The molecule has 0 saturated heterocycles. The van der Waals surface area contributed by atoms with E-state index in [1.807, 2.05) is 25.1 Å². The second-order valence-electron chi connectivity index (χ2n) is 7.92. The Labute approximate surface area is 193 Å². The van der Waals surface area contributed by atoms with Crippen molar-refractivity contribution in [1.29, 1.82) is 0 Å². The average Bonchev–Trinajstić information content (AvgIpc) is 2.76. The Morgan fingerprint density at radius 1 is 1.16 bits per heavy atom. The first-order valence-electron chi connectivity index (χ1n) is 10.7. The third-order valence-corrected chi connectivity index (χ3v) is 5.46. The second-order valence-corrected chi connectivity index (χ2v) is 8.36. The Balaban J connectivity index is 1.77. The van der Waals surface area contributed by atoms with Crippen LogP contribution in [0.2, 0.25) is 5.02 Å². The molecule has 2 N–H and O–H groups in total. The summed E-state index contributed by atoms with van der Waals surface area (Å²) in [4.78, 5) is 40.0. The van der Waals surface area contributed by atoms with Gasteiger partial charge in [0.05, 0.1) is 18.2 Å². The Bertz CT molecular complexity index is 995. The molecule has 3 rings (SSSR count). The van der Waals surface area contributed by atoms with Gasteiger partial charge in [0.2, 0.25) is 5.91 Å². The smallest absolute Gasteiger partial charge is 0.255 e. The van der Waals surface area contributed by atoms with Gasteiger partial charge in [-0.1, -0.05) is 29.8 Å². The number of fused-ring (bicyclic) bond motifs is 1. The second kappa shape index (κ2) is 11.0. The molecule has 0 spiro atoms. The van der Waals surface area contributed by atoms with E-state index in [0.717, 1.165) is 5.56 Å². The van der Waals surface area contributed by atoms with Crippen molar-refractivity contribution >= 4 is 29.3 Å². The average molecular weight is 458 g/mol. The minimum absolute atomic E-state index is 0.0456. The molecule has 1 heterocycles. The summed E-state index contributed by atoms with van der Waals surface area (Å²) in [6.07, 6.45) is 1.29. The summed E-state index contributed by atoms with van der Waals surface area (Å²) in [6, 6.07) is 11.9. The number of hydrogen-bond donors (Lipinski definition) is 2. The van der Waals surface area contributed by atoms with Gasteiger partial charge < -0.3 is 20.3 Å². The third-order valence-electron chi connectivity index (χ3n) is 5.22. The van der Waals surface area contributed by atoms with Gasteiger partial charge in [0.15, 0.2) is 0 Å². The monoisotopic (exact) mass is 457 g/mol. The van der Waals surface area contributed by atoms with Crippen LogP contribution in [0.1, 0.15) is 46.0 Å². The van der Waals surface area contributed by atoms with Gasteiger partial charge in [-0.15, -0.1) is 0 Å². The predicted octanol–water partition coefficient (Wildman–Crippen LogP) is 3.20. The van der Waals surface area contributed by atoms with Gasteiger partial charge >= 0.3 is 0 Å². The van der Waals surface area contributed by atoms with E-state index in [4.69, 9.17) is 16.3 Å². The Kier molecular flexibility index (Phi) is 8.11. The van der Waals surface area contributed by atoms with E-state index in [1.165, 1.54) is 0 Å². The van der Waals surface area contributed by atoms with E-state index < -0.39 is 0 Å². The van der Waals surface area contributed by atoms with Crippen molar-refractivity contribution < 1.29 is 19.1 Å². The fourth-order valence-electron chi connectivity index (χ4n) is 3.52. The molecule has 0 fully saturated rings. The molecule has 2 aromatic carbocycles. The molecule has 2 aromatic rings. The molecule has 0 aliphatic carbocycles. The summed E-state index contributed by atoms with van der Waals surface area (Å²) in [5.41, 5.74) is 1.79. The minimum atomic E-state index is -0.324. The molecule has 0 aromatic heterocycles. The van der Waals surface area contributed by atoms with Gasteiger partial charge in [0, 0.05) is 23.7 Å². The lowest BCUT2D eigenvalue weighted by molar-refractivity contribution is -0.122. The van der Waals surface area contributed by atoms with Crippen LogP contribution >= 0.6 is 11.6 Å². The summed E-state index contributed by atoms with van der Waals surface area (Å²) in [5, 5.41) is 6.18. The van der Waals surface area contributed by atoms with Gasteiger partial charge in [-0.2, -0.15) is 0 Å². The maximum atomic E-state index is 13.1. The lowest BCUT2D eigenvalue weighted by Crippen LogP contribution is -2.45. The van der Waals surface area contributed by atoms with Crippen molar-refractivity contribution in [2.45, 2.75) is 32.7 Å². The van der Waals surface area contributed by atoms with E-state index >= 15 is 0 Å². The van der Waals surface area contributed by atoms with Crippen molar-refractivity contribution in [1.82, 2.24) is 15.5 Å². The number of ether oxygens (including phenoxy) is 1. The van der Waals surface area contributed by atoms with Crippen molar-refractivity contribution in [3.05, 3.63) is 64.2 Å². The molecular weight excluding hydrogens is 430 g/mol. The topological polar surface area (TPSA) is 87.7 Å². The standard InChI is InChI=1S/C24H28ClN3O4/c1-16-7-3-4-8-19(16)24(31)28-12-6-5-11-26-23(30)20-13-18(25)9-10-21(20)32-15-17(2)27-22(29)14-28/h3-4,7-10,13,17H,5-6,11-12,14-15H2,1-2H3,(H,26,30)(H,27,29)/t17-/m1/s1. The third kappa shape index (κ3) is 6.23. The molecule has 1 atom stereocenters. The van der Waals surface area contributed by atoms with Gasteiger partial charge in [0.25, 0.3) is 11.8 Å². The molecule has 32 heavy (non-hydrogen) atoms. The van der Waals surface area contributed by atoms with Gasteiger partial charge in [-0.25, -0.2) is 0 Å². The van der Waals surface area contributed by atoms with E-state index in [9.17, 15) is 14.4 Å². The minimum Gasteiger partial charge on any atom is -0.491 e. The summed E-state index contributed by atoms with van der Waals surface area (Å²) in [5.74, 6) is -0.317. The number of amides is 3. The molecule has 0 bridgehead atoms. The number of hydrogen-bond acceptors (Lipinski definition) is 4. The van der Waals surface area contributed by atoms with Crippen molar-refractivity contribution in [2.24, 2.45) is 0 Å². The zero-order valence-corrected chi connectivity index (χ0v) is 19.1.